The van der Waals surface area contributed by atoms with Crippen molar-refractivity contribution in [2.24, 2.45) is 5.92 Å². The van der Waals surface area contributed by atoms with Crippen LogP contribution in [0.1, 0.15) is 66.4 Å². The summed E-state index contributed by atoms with van der Waals surface area (Å²) in [7, 11) is 0. The molecule has 2 amide bonds. The highest BCUT2D eigenvalue weighted by molar-refractivity contribution is 7.15. The number of fused-ring (bicyclic) bond motifs is 5. The molecule has 7 heteroatoms. The Morgan fingerprint density at radius 2 is 1.91 bits per heavy atom. The molecule has 1 aliphatic heterocycles. The number of halogens is 2. The van der Waals surface area contributed by atoms with Crippen molar-refractivity contribution in [1.82, 2.24) is 14.8 Å². The smallest absolute Gasteiger partial charge is 0.318 e. The molecule has 0 spiro atoms. The number of hydrogen-bond donors (Lipinski definition) is 1. The van der Waals surface area contributed by atoms with Gasteiger partial charge in [-0.05, 0) is 73.4 Å². The Labute approximate surface area is 197 Å². The van der Waals surface area contributed by atoms with Gasteiger partial charge in [0.15, 0.2) is 0 Å². The SMILES string of the molecule is CC(C)CCNC(=O)N1Cc2c(sc3c2CCCC3)-n2cccc2[C@@H]1c1cc(F)cc(F)c1. The van der Waals surface area contributed by atoms with Crippen LogP contribution in [0.15, 0.2) is 36.5 Å². The molecule has 0 saturated heterocycles. The first-order chi connectivity index (χ1) is 15.9. The number of aromatic nitrogens is 1. The van der Waals surface area contributed by atoms with Crippen molar-refractivity contribution in [2.75, 3.05) is 6.54 Å². The minimum atomic E-state index is -0.639. The topological polar surface area (TPSA) is 37.3 Å². The van der Waals surface area contributed by atoms with Gasteiger partial charge in [-0.15, -0.1) is 11.3 Å². The molecular formula is C26H29F2N3OS. The van der Waals surface area contributed by atoms with Gasteiger partial charge >= 0.3 is 6.03 Å². The third-order valence-corrected chi connectivity index (χ3v) is 7.97. The van der Waals surface area contributed by atoms with Gasteiger partial charge in [0.05, 0.1) is 12.2 Å². The van der Waals surface area contributed by atoms with E-state index in [1.165, 1.54) is 34.6 Å². The summed E-state index contributed by atoms with van der Waals surface area (Å²) in [5.74, 6) is -0.811. The maximum atomic E-state index is 14.3. The maximum absolute atomic E-state index is 14.3. The third-order valence-electron chi connectivity index (χ3n) is 6.64. The minimum Gasteiger partial charge on any atom is -0.338 e. The predicted molar refractivity (Wildman–Crippen MR) is 127 cm³/mol. The Morgan fingerprint density at radius 3 is 2.67 bits per heavy atom. The number of rotatable bonds is 4. The van der Waals surface area contributed by atoms with Crippen LogP contribution >= 0.6 is 11.3 Å². The van der Waals surface area contributed by atoms with Gasteiger partial charge < -0.3 is 14.8 Å². The fourth-order valence-corrected chi connectivity index (χ4v) is 6.44. The van der Waals surface area contributed by atoms with Crippen molar-refractivity contribution >= 4 is 17.4 Å². The van der Waals surface area contributed by atoms with Crippen LogP contribution in [-0.2, 0) is 19.4 Å². The molecule has 2 aliphatic rings. The van der Waals surface area contributed by atoms with E-state index >= 15 is 0 Å². The van der Waals surface area contributed by atoms with E-state index in [4.69, 9.17) is 0 Å². The summed E-state index contributed by atoms with van der Waals surface area (Å²) in [5.41, 5.74) is 3.81. The second-order valence-corrected chi connectivity index (χ2v) is 10.5. The molecule has 2 aromatic heterocycles. The number of urea groups is 1. The Hall–Kier alpha value is -2.67. The molecule has 4 nitrogen and oxygen atoms in total. The lowest BCUT2D eigenvalue weighted by molar-refractivity contribution is 0.179. The number of nitrogens with one attached hydrogen (secondary N) is 1. The van der Waals surface area contributed by atoms with Gasteiger partial charge in [-0.1, -0.05) is 13.8 Å². The van der Waals surface area contributed by atoms with Gasteiger partial charge in [-0.2, -0.15) is 0 Å². The van der Waals surface area contributed by atoms with Crippen LogP contribution in [0.4, 0.5) is 13.6 Å². The molecule has 0 fully saturated rings. The molecule has 1 aliphatic carbocycles. The van der Waals surface area contributed by atoms with Gasteiger partial charge in [0, 0.05) is 29.2 Å². The largest absolute Gasteiger partial charge is 0.338 e. The monoisotopic (exact) mass is 469 g/mol. The number of thiophene rings is 1. The lowest BCUT2D eigenvalue weighted by Gasteiger charge is -2.31. The van der Waals surface area contributed by atoms with Crippen molar-refractivity contribution in [3.63, 3.8) is 0 Å². The molecule has 1 atom stereocenters. The third kappa shape index (κ3) is 4.19. The number of amides is 2. The molecular weight excluding hydrogens is 440 g/mol. The fourth-order valence-electron chi connectivity index (χ4n) is 5.04. The summed E-state index contributed by atoms with van der Waals surface area (Å²) in [6, 6.07) is 6.66. The van der Waals surface area contributed by atoms with Crippen LogP contribution in [0.25, 0.3) is 5.00 Å². The van der Waals surface area contributed by atoms with Gasteiger partial charge in [0.1, 0.15) is 22.7 Å². The highest BCUT2D eigenvalue weighted by atomic mass is 32.1. The quantitative estimate of drug-likeness (QED) is 0.475. The van der Waals surface area contributed by atoms with Crippen LogP contribution in [0.2, 0.25) is 0 Å². The van der Waals surface area contributed by atoms with Crippen LogP contribution in [-0.4, -0.2) is 22.0 Å². The van der Waals surface area contributed by atoms with Crippen molar-refractivity contribution in [3.05, 3.63) is 75.4 Å². The van der Waals surface area contributed by atoms with E-state index in [2.05, 4.69) is 23.7 Å². The summed E-state index contributed by atoms with van der Waals surface area (Å²) in [6.45, 7) is 5.21. The van der Waals surface area contributed by atoms with E-state index in [0.29, 0.717) is 24.6 Å². The molecule has 0 unspecified atom stereocenters. The minimum absolute atomic E-state index is 0.207. The Morgan fingerprint density at radius 1 is 1.15 bits per heavy atom. The van der Waals surface area contributed by atoms with E-state index in [0.717, 1.165) is 42.4 Å². The highest BCUT2D eigenvalue weighted by Gasteiger charge is 2.36. The zero-order valence-electron chi connectivity index (χ0n) is 19.0. The molecule has 0 radical (unpaired) electrons. The molecule has 0 saturated carbocycles. The standard InChI is InChI=1S/C26H29F2N3OS/c1-16(2)9-10-29-26(32)31-15-21-20-6-3-4-8-23(20)33-25(21)30-11-5-7-22(30)24(31)17-12-18(27)14-19(28)13-17/h5,7,11-14,16,24H,3-4,6,8-10,15H2,1-2H3,(H,29,32)/t24-/m0/s1. The number of hydrogen-bond acceptors (Lipinski definition) is 2. The van der Waals surface area contributed by atoms with E-state index in [1.54, 1.807) is 16.2 Å². The average molecular weight is 470 g/mol. The van der Waals surface area contributed by atoms with E-state index < -0.39 is 17.7 Å². The van der Waals surface area contributed by atoms with E-state index in [9.17, 15) is 13.6 Å². The van der Waals surface area contributed by atoms with Crippen LogP contribution < -0.4 is 5.32 Å². The number of benzene rings is 1. The van der Waals surface area contributed by atoms with E-state index in [1.807, 2.05) is 18.3 Å². The normalized spacial score (nSPS) is 17.4. The Bertz CT molecular complexity index is 1160. The number of nitrogens with zero attached hydrogens (tertiary/aromatic N) is 2. The van der Waals surface area contributed by atoms with Crippen LogP contribution in [0.3, 0.4) is 0 Å². The Balaban J connectivity index is 1.63. The van der Waals surface area contributed by atoms with Crippen molar-refractivity contribution in [1.29, 1.82) is 0 Å². The van der Waals surface area contributed by atoms with Crippen LogP contribution in [0, 0.1) is 17.6 Å². The first-order valence-electron chi connectivity index (χ1n) is 11.7. The van der Waals surface area contributed by atoms with E-state index in [-0.39, 0.29) is 6.03 Å². The first kappa shape index (κ1) is 22.1. The summed E-state index contributed by atoms with van der Waals surface area (Å²) in [4.78, 5) is 16.7. The summed E-state index contributed by atoms with van der Waals surface area (Å²) in [5, 5.41) is 4.19. The number of carbonyl (C=O) groups is 1. The lowest BCUT2D eigenvalue weighted by atomic mass is 9.95. The molecule has 174 valence electrons. The molecule has 0 bridgehead atoms. The van der Waals surface area contributed by atoms with Gasteiger partial charge in [0.2, 0.25) is 0 Å². The predicted octanol–water partition coefficient (Wildman–Crippen LogP) is 6.36. The first-order valence-corrected chi connectivity index (χ1v) is 12.6. The van der Waals surface area contributed by atoms with Gasteiger partial charge in [-0.3, -0.25) is 0 Å². The van der Waals surface area contributed by atoms with Crippen molar-refractivity contribution in [2.45, 2.75) is 58.5 Å². The molecule has 5 rings (SSSR count). The summed E-state index contributed by atoms with van der Waals surface area (Å²) >= 11 is 1.79. The Kier molecular flexibility index (Phi) is 5.99. The molecule has 3 aromatic rings. The number of aryl methyl sites for hydroxylation is 1. The lowest BCUT2D eigenvalue weighted by Crippen LogP contribution is -2.42. The second kappa shape index (κ2) is 8.93. The average Bonchev–Trinajstić information content (AvgIpc) is 3.34. The molecule has 3 heterocycles. The second-order valence-electron chi connectivity index (χ2n) is 9.45. The fraction of sp³-hybridized carbons (Fsp3) is 0.423. The maximum Gasteiger partial charge on any atom is 0.318 e. The zero-order valence-corrected chi connectivity index (χ0v) is 19.9. The van der Waals surface area contributed by atoms with Crippen molar-refractivity contribution in [3.8, 4) is 5.00 Å². The molecule has 1 aromatic carbocycles. The van der Waals surface area contributed by atoms with Crippen LogP contribution in [0.5, 0.6) is 0 Å². The van der Waals surface area contributed by atoms with Gasteiger partial charge in [0.25, 0.3) is 0 Å². The van der Waals surface area contributed by atoms with Crippen molar-refractivity contribution < 1.29 is 13.6 Å². The molecule has 1 N–H and O–H groups in total. The van der Waals surface area contributed by atoms with Gasteiger partial charge in [-0.25, -0.2) is 13.6 Å². The summed E-state index contributed by atoms with van der Waals surface area (Å²) in [6.07, 6.45) is 7.29. The molecule has 33 heavy (non-hydrogen) atoms. The highest BCUT2D eigenvalue weighted by Crippen LogP contribution is 2.44. The summed E-state index contributed by atoms with van der Waals surface area (Å²) < 4.78 is 30.7. The zero-order chi connectivity index (χ0) is 23.1. The number of carbonyl (C=O) groups excluding carboxylic acids is 1.